The van der Waals surface area contributed by atoms with Crippen LogP contribution in [0.2, 0.25) is 10.0 Å². The molecule has 2 aliphatic rings. The summed E-state index contributed by atoms with van der Waals surface area (Å²) in [6.07, 6.45) is 2.15. The fourth-order valence-corrected chi connectivity index (χ4v) is 8.38. The van der Waals surface area contributed by atoms with E-state index < -0.39 is 15.4 Å². The van der Waals surface area contributed by atoms with Crippen molar-refractivity contribution in [1.29, 1.82) is 0 Å². The van der Waals surface area contributed by atoms with E-state index in [0.717, 1.165) is 16.8 Å². The molecule has 7 nitrogen and oxygen atoms in total. The van der Waals surface area contributed by atoms with Crippen molar-refractivity contribution in [3.05, 3.63) is 93.6 Å². The van der Waals surface area contributed by atoms with E-state index in [1.165, 1.54) is 0 Å². The van der Waals surface area contributed by atoms with Crippen LogP contribution < -0.4 is 4.74 Å². The third-order valence-corrected chi connectivity index (χ3v) is 11.1. The van der Waals surface area contributed by atoms with Crippen molar-refractivity contribution >= 4 is 39.1 Å². The van der Waals surface area contributed by atoms with E-state index >= 15 is 0 Å². The van der Waals surface area contributed by atoms with Crippen molar-refractivity contribution in [2.24, 2.45) is 5.41 Å². The molecule has 3 aromatic rings. The molecule has 2 fully saturated rings. The molecule has 224 valence electrons. The van der Waals surface area contributed by atoms with Crippen LogP contribution in [-0.2, 0) is 21.2 Å². The average Bonchev–Trinajstić information content (AvgIpc) is 3.31. The van der Waals surface area contributed by atoms with Gasteiger partial charge in [-0.1, -0.05) is 60.5 Å². The van der Waals surface area contributed by atoms with Crippen LogP contribution >= 0.6 is 23.2 Å². The molecule has 4 atom stereocenters. The van der Waals surface area contributed by atoms with Gasteiger partial charge < -0.3 is 9.64 Å². The predicted molar refractivity (Wildman–Crippen MR) is 167 cm³/mol. The fraction of sp³-hybridized carbons (Fsp3) is 0.438. The Bertz CT molecular complexity index is 1530. The quantitative estimate of drug-likeness (QED) is 0.269. The number of carbonyl (C=O) groups excluding carboxylic acids is 1. The van der Waals surface area contributed by atoms with Gasteiger partial charge in [0.2, 0.25) is 21.8 Å². The molecule has 2 aromatic carbocycles. The maximum Gasteiger partial charge on any atom is 0.229 e. The molecule has 2 saturated heterocycles. The van der Waals surface area contributed by atoms with Crippen LogP contribution in [0.1, 0.15) is 61.9 Å². The molecule has 0 aliphatic carbocycles. The Morgan fingerprint density at radius 1 is 1.05 bits per heavy atom. The smallest absolute Gasteiger partial charge is 0.229 e. The summed E-state index contributed by atoms with van der Waals surface area (Å²) in [4.78, 5) is 21.4. The summed E-state index contributed by atoms with van der Waals surface area (Å²) >= 11 is 12.8. The second-order valence-electron chi connectivity index (χ2n) is 11.7. The molecule has 10 heteroatoms. The Morgan fingerprint density at radius 3 is 2.45 bits per heavy atom. The van der Waals surface area contributed by atoms with Gasteiger partial charge in [-0.25, -0.2) is 17.7 Å². The van der Waals surface area contributed by atoms with Gasteiger partial charge in [0.05, 0.1) is 24.3 Å². The number of amides is 1. The second-order valence-corrected chi connectivity index (χ2v) is 14.7. The van der Waals surface area contributed by atoms with Crippen LogP contribution in [0.25, 0.3) is 0 Å². The lowest BCUT2D eigenvalue weighted by Gasteiger charge is -2.52. The van der Waals surface area contributed by atoms with Crippen molar-refractivity contribution in [3.8, 4) is 5.88 Å². The fourth-order valence-electron chi connectivity index (χ4n) is 6.51. The number of carbonyl (C=O) groups is 1. The molecule has 1 aromatic heterocycles. The highest BCUT2D eigenvalue weighted by molar-refractivity contribution is 7.89. The normalized spacial score (nSPS) is 25.0. The summed E-state index contributed by atoms with van der Waals surface area (Å²) < 4.78 is 32.0. The molecule has 1 amide bonds. The van der Waals surface area contributed by atoms with E-state index in [2.05, 4.69) is 11.1 Å². The number of likely N-dealkylation sites (tertiary alicyclic amines) is 1. The minimum absolute atomic E-state index is 0.0159. The lowest BCUT2D eigenvalue weighted by molar-refractivity contribution is -0.154. The number of nitrogens with zero attached hydrogens (tertiary/aromatic N) is 3. The van der Waals surface area contributed by atoms with Gasteiger partial charge in [-0.2, -0.15) is 0 Å². The zero-order valence-corrected chi connectivity index (χ0v) is 26.5. The van der Waals surface area contributed by atoms with Gasteiger partial charge in [-0.3, -0.25) is 4.79 Å². The highest BCUT2D eigenvalue weighted by Crippen LogP contribution is 2.52. The van der Waals surface area contributed by atoms with Gasteiger partial charge in [-0.15, -0.1) is 0 Å². The molecular weight excluding hydrogens is 593 g/mol. The van der Waals surface area contributed by atoms with Crippen molar-refractivity contribution in [2.45, 2.75) is 57.5 Å². The Balaban J connectivity index is 1.58. The predicted octanol–water partition coefficient (Wildman–Crippen LogP) is 6.52. The standard InChI is InChI=1S/C32H37Cl2N3O4S/c1-22(15-17-36-16-6-18-42(36,39)40)37-30(23-11-13-25(33)14-12-23)28(24-7-4-8-26(34)19-24)21-32(2,31(37)38)20-27-9-5-10-29(35-27)41-3/h4-5,7-14,19,22,28,30H,6,15-18,20-21H2,1-3H3/t22-,28+,30+,32+/m0/s1. The van der Waals surface area contributed by atoms with Crippen molar-refractivity contribution in [3.63, 3.8) is 0 Å². The number of aromatic nitrogens is 1. The number of sulfonamides is 1. The lowest BCUT2D eigenvalue weighted by Crippen LogP contribution is -2.56. The van der Waals surface area contributed by atoms with E-state index in [1.54, 1.807) is 17.5 Å². The summed E-state index contributed by atoms with van der Waals surface area (Å²) in [6.45, 7) is 4.93. The first-order chi connectivity index (χ1) is 20.0. The number of halogens is 2. The van der Waals surface area contributed by atoms with E-state index in [1.807, 2.05) is 73.3 Å². The molecule has 0 radical (unpaired) electrons. The van der Waals surface area contributed by atoms with E-state index in [4.69, 9.17) is 27.9 Å². The number of benzene rings is 2. The molecular formula is C32H37Cl2N3O4S. The third kappa shape index (κ3) is 6.47. The number of pyridine rings is 1. The summed E-state index contributed by atoms with van der Waals surface area (Å²) in [7, 11) is -1.67. The molecule has 3 heterocycles. The Kier molecular flexibility index (Phi) is 9.19. The van der Waals surface area contributed by atoms with Crippen molar-refractivity contribution < 1.29 is 17.9 Å². The zero-order chi connectivity index (χ0) is 30.1. The van der Waals surface area contributed by atoms with E-state index in [0.29, 0.717) is 54.7 Å². The maximum atomic E-state index is 14.7. The SMILES string of the molecule is COc1cccc(C[C@]2(C)C[C@H](c3cccc(Cl)c3)[C@@H](c3ccc(Cl)cc3)N([C@@H](C)CCN3CCCS3(=O)=O)C2=O)n1. The topological polar surface area (TPSA) is 79.8 Å². The van der Waals surface area contributed by atoms with Crippen LogP contribution in [0.3, 0.4) is 0 Å². The minimum atomic E-state index is -3.25. The van der Waals surface area contributed by atoms with Crippen LogP contribution in [0.4, 0.5) is 0 Å². The summed E-state index contributed by atoms with van der Waals surface area (Å²) in [6, 6.07) is 20.6. The Hall–Kier alpha value is -2.65. The zero-order valence-electron chi connectivity index (χ0n) is 24.2. The summed E-state index contributed by atoms with van der Waals surface area (Å²) in [5, 5.41) is 1.25. The van der Waals surface area contributed by atoms with Crippen LogP contribution in [0.15, 0.2) is 66.7 Å². The number of piperidine rings is 1. The van der Waals surface area contributed by atoms with Crippen LogP contribution in [0.5, 0.6) is 5.88 Å². The first-order valence-electron chi connectivity index (χ1n) is 14.3. The molecule has 0 saturated carbocycles. The number of methoxy groups -OCH3 is 1. The molecule has 2 aliphatic heterocycles. The molecule has 0 spiro atoms. The monoisotopic (exact) mass is 629 g/mol. The van der Waals surface area contributed by atoms with E-state index in [9.17, 15) is 13.2 Å². The van der Waals surface area contributed by atoms with Crippen molar-refractivity contribution in [1.82, 2.24) is 14.2 Å². The number of ether oxygens (including phenoxy) is 1. The minimum Gasteiger partial charge on any atom is -0.481 e. The number of hydrogen-bond donors (Lipinski definition) is 0. The van der Waals surface area contributed by atoms with Gasteiger partial charge >= 0.3 is 0 Å². The highest BCUT2D eigenvalue weighted by Gasteiger charge is 2.51. The first kappa shape index (κ1) is 30.8. The molecule has 0 unspecified atom stereocenters. The van der Waals surface area contributed by atoms with Crippen molar-refractivity contribution in [2.75, 3.05) is 26.0 Å². The number of rotatable bonds is 9. The third-order valence-electron chi connectivity index (χ3n) is 8.63. The first-order valence-corrected chi connectivity index (χ1v) is 16.7. The maximum absolute atomic E-state index is 14.7. The van der Waals surface area contributed by atoms with Gasteiger partial charge in [0.15, 0.2) is 0 Å². The summed E-state index contributed by atoms with van der Waals surface area (Å²) in [5.41, 5.74) is 2.00. The van der Waals surface area contributed by atoms with Gasteiger partial charge in [0, 0.05) is 53.3 Å². The Morgan fingerprint density at radius 2 is 1.79 bits per heavy atom. The molecule has 42 heavy (non-hydrogen) atoms. The largest absolute Gasteiger partial charge is 0.481 e. The summed E-state index contributed by atoms with van der Waals surface area (Å²) in [5.74, 6) is 0.611. The van der Waals surface area contributed by atoms with Gasteiger partial charge in [0.1, 0.15) is 0 Å². The molecule has 0 N–H and O–H groups in total. The van der Waals surface area contributed by atoms with Crippen LogP contribution in [0, 0.1) is 5.41 Å². The van der Waals surface area contributed by atoms with E-state index in [-0.39, 0.29) is 29.7 Å². The van der Waals surface area contributed by atoms with Crippen LogP contribution in [-0.4, -0.2) is 60.5 Å². The van der Waals surface area contributed by atoms with Gasteiger partial charge in [-0.05, 0) is 67.6 Å². The lowest BCUT2D eigenvalue weighted by atomic mass is 9.66. The highest BCUT2D eigenvalue weighted by atomic mass is 35.5. The average molecular weight is 631 g/mol. The second kappa shape index (κ2) is 12.5. The van der Waals surface area contributed by atoms with Gasteiger partial charge in [0.25, 0.3) is 0 Å². The number of hydrogen-bond acceptors (Lipinski definition) is 5. The Labute approximate surface area is 258 Å². The molecule has 0 bridgehead atoms. The molecule has 5 rings (SSSR count).